The highest BCUT2D eigenvalue weighted by Crippen LogP contribution is 2.25. The van der Waals surface area contributed by atoms with Gasteiger partial charge in [-0.3, -0.25) is 9.78 Å². The normalized spacial score (nSPS) is 16.6. The molecule has 2 fully saturated rings. The number of rotatable bonds is 4. The minimum absolute atomic E-state index is 0.251. The van der Waals surface area contributed by atoms with Gasteiger partial charge in [0.15, 0.2) is 0 Å². The molecule has 0 unspecified atom stereocenters. The lowest BCUT2D eigenvalue weighted by Crippen LogP contribution is -2.21. The summed E-state index contributed by atoms with van der Waals surface area (Å²) in [5, 5.41) is 2.95. The van der Waals surface area contributed by atoms with Gasteiger partial charge in [0.05, 0.1) is 16.8 Å². The zero-order chi connectivity index (χ0) is 19.6. The SMILES string of the molecule is O=C(Nc1ccnc2ccc(N3CCCC3)nc12)c1cnc(N2CCCC2)nc1. The van der Waals surface area contributed by atoms with E-state index in [1.54, 1.807) is 24.7 Å². The first-order chi connectivity index (χ1) is 14.3. The van der Waals surface area contributed by atoms with Gasteiger partial charge in [0.1, 0.15) is 11.3 Å². The van der Waals surface area contributed by atoms with Crippen molar-refractivity contribution in [2.75, 3.05) is 41.3 Å². The molecule has 8 nitrogen and oxygen atoms in total. The van der Waals surface area contributed by atoms with Crippen LogP contribution in [0, 0.1) is 0 Å². The molecule has 0 saturated carbocycles. The highest BCUT2D eigenvalue weighted by molar-refractivity contribution is 6.07. The zero-order valence-electron chi connectivity index (χ0n) is 16.2. The molecule has 3 aromatic rings. The molecule has 0 atom stereocenters. The molecule has 2 aliphatic heterocycles. The van der Waals surface area contributed by atoms with Crippen LogP contribution in [0.1, 0.15) is 36.0 Å². The summed E-state index contributed by atoms with van der Waals surface area (Å²) in [5.74, 6) is 1.36. The van der Waals surface area contributed by atoms with Gasteiger partial charge in [-0.15, -0.1) is 0 Å². The summed E-state index contributed by atoms with van der Waals surface area (Å²) in [5.41, 5.74) is 2.52. The van der Waals surface area contributed by atoms with Gasteiger partial charge in [0.25, 0.3) is 5.91 Å². The Balaban J connectivity index is 1.38. The molecule has 2 aliphatic rings. The third-order valence-electron chi connectivity index (χ3n) is 5.54. The molecule has 0 spiro atoms. The number of carbonyl (C=O) groups is 1. The Hall–Kier alpha value is -3.29. The number of nitrogens with one attached hydrogen (secondary N) is 1. The van der Waals surface area contributed by atoms with E-state index in [-0.39, 0.29) is 5.91 Å². The minimum Gasteiger partial charge on any atom is -0.357 e. The lowest BCUT2D eigenvalue weighted by Gasteiger charge is -2.17. The predicted octanol–water partition coefficient (Wildman–Crippen LogP) is 2.87. The maximum Gasteiger partial charge on any atom is 0.258 e. The molecule has 5 heterocycles. The number of nitrogens with zero attached hydrogens (tertiary/aromatic N) is 6. The molecule has 0 aromatic carbocycles. The number of amides is 1. The van der Waals surface area contributed by atoms with Gasteiger partial charge in [-0.1, -0.05) is 0 Å². The first kappa shape index (κ1) is 17.8. The van der Waals surface area contributed by atoms with E-state index in [1.807, 2.05) is 12.1 Å². The largest absolute Gasteiger partial charge is 0.357 e. The molecule has 5 rings (SSSR count). The topological polar surface area (TPSA) is 87.1 Å². The van der Waals surface area contributed by atoms with E-state index < -0.39 is 0 Å². The number of carbonyl (C=O) groups excluding carboxylic acids is 1. The molecule has 8 heteroatoms. The third-order valence-corrected chi connectivity index (χ3v) is 5.54. The molecular formula is C21H23N7O. The van der Waals surface area contributed by atoms with Gasteiger partial charge < -0.3 is 15.1 Å². The fraction of sp³-hybridized carbons (Fsp3) is 0.381. The minimum atomic E-state index is -0.251. The van der Waals surface area contributed by atoms with Crippen molar-refractivity contribution in [2.24, 2.45) is 0 Å². The molecule has 0 bridgehead atoms. The molecule has 29 heavy (non-hydrogen) atoms. The highest BCUT2D eigenvalue weighted by atomic mass is 16.1. The van der Waals surface area contributed by atoms with Crippen molar-refractivity contribution in [3.8, 4) is 0 Å². The number of hydrogen-bond acceptors (Lipinski definition) is 7. The van der Waals surface area contributed by atoms with Crippen LogP contribution in [0.15, 0.2) is 36.8 Å². The highest BCUT2D eigenvalue weighted by Gasteiger charge is 2.18. The molecule has 0 aliphatic carbocycles. The summed E-state index contributed by atoms with van der Waals surface area (Å²) in [7, 11) is 0. The lowest BCUT2D eigenvalue weighted by atomic mass is 10.2. The van der Waals surface area contributed by atoms with Crippen LogP contribution in [-0.4, -0.2) is 52.0 Å². The van der Waals surface area contributed by atoms with Crippen LogP contribution in [0.4, 0.5) is 17.5 Å². The number of hydrogen-bond donors (Lipinski definition) is 1. The van der Waals surface area contributed by atoms with Gasteiger partial charge in [-0.25, -0.2) is 15.0 Å². The molecule has 0 radical (unpaired) electrons. The van der Waals surface area contributed by atoms with Crippen LogP contribution in [0.25, 0.3) is 11.0 Å². The fourth-order valence-electron chi connectivity index (χ4n) is 3.95. The van der Waals surface area contributed by atoms with Gasteiger partial charge in [0.2, 0.25) is 5.95 Å². The molecule has 148 valence electrons. The van der Waals surface area contributed by atoms with Gasteiger partial charge in [-0.05, 0) is 43.9 Å². The van der Waals surface area contributed by atoms with E-state index >= 15 is 0 Å². The van der Waals surface area contributed by atoms with Gasteiger partial charge >= 0.3 is 0 Å². The second-order valence-electron chi connectivity index (χ2n) is 7.51. The average Bonchev–Trinajstić information content (AvgIpc) is 3.48. The summed E-state index contributed by atoms with van der Waals surface area (Å²) < 4.78 is 0. The van der Waals surface area contributed by atoms with Crippen molar-refractivity contribution in [1.29, 1.82) is 0 Å². The van der Waals surface area contributed by atoms with E-state index in [2.05, 4.69) is 30.1 Å². The number of pyridine rings is 2. The summed E-state index contributed by atoms with van der Waals surface area (Å²) in [6, 6.07) is 5.73. The van der Waals surface area contributed by atoms with Gasteiger partial charge in [0, 0.05) is 44.8 Å². The second kappa shape index (κ2) is 7.62. The van der Waals surface area contributed by atoms with Crippen LogP contribution in [0.5, 0.6) is 0 Å². The van der Waals surface area contributed by atoms with E-state index in [1.165, 1.54) is 12.8 Å². The van der Waals surface area contributed by atoms with Crippen LogP contribution >= 0.6 is 0 Å². The first-order valence-electron chi connectivity index (χ1n) is 10.2. The number of fused-ring (bicyclic) bond motifs is 1. The zero-order valence-corrected chi connectivity index (χ0v) is 16.2. The maximum absolute atomic E-state index is 12.8. The number of anilines is 3. The van der Waals surface area contributed by atoms with Crippen molar-refractivity contribution >= 4 is 34.4 Å². The van der Waals surface area contributed by atoms with Crippen LogP contribution in [-0.2, 0) is 0 Å². The fourth-order valence-corrected chi connectivity index (χ4v) is 3.95. The van der Waals surface area contributed by atoms with Crippen molar-refractivity contribution in [3.05, 3.63) is 42.4 Å². The molecule has 1 N–H and O–H groups in total. The lowest BCUT2D eigenvalue weighted by molar-refractivity contribution is 0.102. The molecular weight excluding hydrogens is 366 g/mol. The van der Waals surface area contributed by atoms with Crippen LogP contribution in [0.3, 0.4) is 0 Å². The van der Waals surface area contributed by atoms with E-state index in [9.17, 15) is 4.79 Å². The molecule has 3 aromatic heterocycles. The Labute approximate surface area is 169 Å². The standard InChI is InChI=1S/C21H23N7O/c29-20(15-13-23-21(24-14-15)28-11-3-4-12-28)25-17-7-8-22-16-5-6-18(26-19(16)17)27-9-1-2-10-27/h5-8,13-14H,1-4,9-12H2,(H,22,25,29). The summed E-state index contributed by atoms with van der Waals surface area (Å²) in [6.45, 7) is 3.97. The van der Waals surface area contributed by atoms with Crippen LogP contribution < -0.4 is 15.1 Å². The second-order valence-corrected chi connectivity index (χ2v) is 7.51. The van der Waals surface area contributed by atoms with E-state index in [4.69, 9.17) is 4.98 Å². The average molecular weight is 389 g/mol. The number of aromatic nitrogens is 4. The van der Waals surface area contributed by atoms with Crippen molar-refractivity contribution < 1.29 is 4.79 Å². The summed E-state index contributed by atoms with van der Waals surface area (Å²) >= 11 is 0. The monoisotopic (exact) mass is 389 g/mol. The Morgan fingerprint density at radius 1 is 0.862 bits per heavy atom. The predicted molar refractivity (Wildman–Crippen MR) is 112 cm³/mol. The third kappa shape index (κ3) is 3.57. The quantitative estimate of drug-likeness (QED) is 0.734. The van der Waals surface area contributed by atoms with Gasteiger partial charge in [-0.2, -0.15) is 0 Å². The van der Waals surface area contributed by atoms with E-state index in [0.29, 0.717) is 22.7 Å². The Morgan fingerprint density at radius 3 is 2.28 bits per heavy atom. The van der Waals surface area contributed by atoms with Crippen molar-refractivity contribution in [1.82, 2.24) is 19.9 Å². The van der Waals surface area contributed by atoms with Crippen molar-refractivity contribution in [2.45, 2.75) is 25.7 Å². The van der Waals surface area contributed by atoms with Crippen LogP contribution in [0.2, 0.25) is 0 Å². The first-order valence-corrected chi connectivity index (χ1v) is 10.2. The Morgan fingerprint density at radius 2 is 1.55 bits per heavy atom. The smallest absolute Gasteiger partial charge is 0.258 e. The summed E-state index contributed by atoms with van der Waals surface area (Å²) in [6.07, 6.45) is 9.54. The van der Waals surface area contributed by atoms with Crippen molar-refractivity contribution in [3.63, 3.8) is 0 Å². The molecule has 2 saturated heterocycles. The maximum atomic E-state index is 12.8. The van der Waals surface area contributed by atoms with E-state index in [0.717, 1.165) is 50.4 Å². The Bertz CT molecular complexity index is 1020. The molecule has 1 amide bonds. The summed E-state index contributed by atoms with van der Waals surface area (Å²) in [4.78, 5) is 35.1. The Kier molecular flexibility index (Phi) is 4.67.